The minimum absolute atomic E-state index is 0.0323. The van der Waals surface area contributed by atoms with Gasteiger partial charge in [0.15, 0.2) is 5.78 Å². The van der Waals surface area contributed by atoms with Crippen LogP contribution in [-0.4, -0.2) is 36.0 Å². The number of ketones is 2. The third kappa shape index (κ3) is 11.7. The molecule has 0 amide bonds. The maximum atomic E-state index is 15.3. The number of rotatable bonds is 16. The summed E-state index contributed by atoms with van der Waals surface area (Å²) in [4.78, 5) is 29.9. The fourth-order valence-electron chi connectivity index (χ4n) is 12.0. The summed E-state index contributed by atoms with van der Waals surface area (Å²) in [6, 6.07) is 10.7. The molecule has 4 saturated carbocycles. The molecule has 0 spiro atoms. The van der Waals surface area contributed by atoms with E-state index in [1.54, 1.807) is 24.3 Å². The van der Waals surface area contributed by atoms with Crippen LogP contribution < -0.4 is 9.05 Å². The van der Waals surface area contributed by atoms with Crippen molar-refractivity contribution >= 4 is 28.8 Å². The third-order valence-corrected chi connectivity index (χ3v) is 18.5. The average molecular weight is 921 g/mol. The SMILES string of the molecule is CC(C)C1CC[C@@H](C)C[C@H]1OP(Oc1cccc2c1C(=O)c1c(OP(O[C@@H]3C[C@H](C)CCC3C(C)C)O[C@@H]3C[C@H](C)CC[C@H]3C(C)C)cccc1C2=O)O[C@@H]1C[C@H](C)CC[C@H]1C(C)C. The van der Waals surface area contributed by atoms with Crippen molar-refractivity contribution in [2.45, 2.75) is 185 Å². The van der Waals surface area contributed by atoms with Gasteiger partial charge in [-0.1, -0.05) is 133 Å². The zero-order valence-corrected chi connectivity index (χ0v) is 43.1. The van der Waals surface area contributed by atoms with Crippen molar-refractivity contribution < 1.29 is 36.7 Å². The van der Waals surface area contributed by atoms with Crippen molar-refractivity contribution in [3.05, 3.63) is 58.7 Å². The minimum atomic E-state index is -1.94. The molecule has 5 aliphatic rings. The topological polar surface area (TPSA) is 89.5 Å². The summed E-state index contributed by atoms with van der Waals surface area (Å²) in [6.45, 7) is 27.5. The molecular formula is C54H82O8P2. The molecule has 0 N–H and O–H groups in total. The molecule has 0 radical (unpaired) electrons. The summed E-state index contributed by atoms with van der Waals surface area (Å²) in [6.07, 6.45) is 12.7. The Bertz CT molecular complexity index is 1680. The molecule has 0 heterocycles. The van der Waals surface area contributed by atoms with E-state index < -0.39 is 17.2 Å². The predicted molar refractivity (Wildman–Crippen MR) is 260 cm³/mol. The summed E-state index contributed by atoms with van der Waals surface area (Å²) in [5.41, 5.74) is 1.11. The van der Waals surface area contributed by atoms with Gasteiger partial charge in [0.25, 0.3) is 0 Å². The lowest BCUT2D eigenvalue weighted by Gasteiger charge is -2.41. The molecule has 4 unspecified atom stereocenters. The van der Waals surface area contributed by atoms with Gasteiger partial charge in [0.2, 0.25) is 5.78 Å². The lowest BCUT2D eigenvalue weighted by atomic mass is 9.75. The van der Waals surface area contributed by atoms with E-state index in [9.17, 15) is 4.79 Å². The van der Waals surface area contributed by atoms with Gasteiger partial charge in [-0.2, -0.15) is 0 Å². The summed E-state index contributed by atoms with van der Waals surface area (Å²) in [5.74, 6) is 5.49. The Hall–Kier alpha value is -1.92. The highest BCUT2D eigenvalue weighted by atomic mass is 31.2. The maximum Gasteiger partial charge on any atom is 0.397 e. The van der Waals surface area contributed by atoms with E-state index in [-0.39, 0.29) is 47.1 Å². The molecule has 64 heavy (non-hydrogen) atoms. The van der Waals surface area contributed by atoms with Crippen LogP contribution in [0.5, 0.6) is 11.5 Å². The third-order valence-electron chi connectivity index (χ3n) is 16.1. The van der Waals surface area contributed by atoms with Gasteiger partial charge in [0.05, 0.1) is 35.5 Å². The Morgan fingerprint density at radius 1 is 0.422 bits per heavy atom. The van der Waals surface area contributed by atoms with Crippen molar-refractivity contribution in [2.24, 2.45) is 71.0 Å². The molecular weight excluding hydrogens is 839 g/mol. The Balaban J connectivity index is 1.23. The van der Waals surface area contributed by atoms with Gasteiger partial charge in [-0.3, -0.25) is 27.7 Å². The van der Waals surface area contributed by atoms with Crippen molar-refractivity contribution in [1.82, 2.24) is 0 Å². The molecule has 0 aliphatic heterocycles. The van der Waals surface area contributed by atoms with Gasteiger partial charge in [0.1, 0.15) is 11.5 Å². The molecule has 0 saturated heterocycles. The highest BCUT2D eigenvalue weighted by Crippen LogP contribution is 2.55. The molecule has 2 aromatic rings. The van der Waals surface area contributed by atoms with E-state index in [0.717, 1.165) is 51.4 Å². The standard InChI is InChI=1S/C54H82O8P2/c1-31(2)39-23-19-35(9)27-47(39)59-63(60-48-28-36(10)20-24-40(48)32(3)4)57-45-17-13-15-43-51(45)54(56)52-44(53(43)55)16-14-18-46(52)58-64(61-49-29-37(11)21-25-41(49)33(5)6)62-50-30-38(12)22-26-42(50)34(7)8/h13-18,31-42,47-50H,19-30H2,1-12H3/t35-,36-,37-,38-,39+,40?,41+,42?,47-,48-,49-,50-,63?,64?/m1/s1. The monoisotopic (exact) mass is 921 g/mol. The van der Waals surface area contributed by atoms with Crippen LogP contribution in [0.25, 0.3) is 0 Å². The Morgan fingerprint density at radius 2 is 0.703 bits per heavy atom. The second-order valence-corrected chi connectivity index (χ2v) is 24.6. The minimum Gasteiger partial charge on any atom is -0.426 e. The lowest BCUT2D eigenvalue weighted by Crippen LogP contribution is -2.36. The zero-order valence-electron chi connectivity index (χ0n) is 41.3. The average Bonchev–Trinajstić information content (AvgIpc) is 3.22. The fourth-order valence-corrected chi connectivity index (χ4v) is 14.8. The van der Waals surface area contributed by atoms with Crippen molar-refractivity contribution in [2.75, 3.05) is 0 Å². The highest BCUT2D eigenvalue weighted by Gasteiger charge is 2.43. The number of hydrogen-bond donors (Lipinski definition) is 0. The first kappa shape index (κ1) is 50.0. The molecule has 5 aliphatic carbocycles. The second-order valence-electron chi connectivity index (χ2n) is 22.5. The molecule has 4 fully saturated rings. The van der Waals surface area contributed by atoms with Crippen LogP contribution in [0.1, 0.15) is 192 Å². The molecule has 8 nitrogen and oxygen atoms in total. The van der Waals surface area contributed by atoms with Gasteiger partial charge in [-0.05, 0) is 135 Å². The summed E-state index contributed by atoms with van der Waals surface area (Å²) in [7, 11) is -3.88. The Labute approximate surface area is 389 Å². The van der Waals surface area contributed by atoms with Crippen molar-refractivity contribution in [1.29, 1.82) is 0 Å². The van der Waals surface area contributed by atoms with Gasteiger partial charge in [-0.25, -0.2) is 0 Å². The second kappa shape index (κ2) is 22.0. The molecule has 0 bridgehead atoms. The molecule has 14 atom stereocenters. The first-order valence-electron chi connectivity index (χ1n) is 25.5. The molecule has 356 valence electrons. The van der Waals surface area contributed by atoms with E-state index in [2.05, 4.69) is 83.1 Å². The Kier molecular flexibility index (Phi) is 17.2. The summed E-state index contributed by atoms with van der Waals surface area (Å²) < 4.78 is 42.2. The number of benzene rings is 2. The Morgan fingerprint density at radius 3 is 0.969 bits per heavy atom. The summed E-state index contributed by atoms with van der Waals surface area (Å²) in [5, 5.41) is 0. The molecule has 10 heteroatoms. The number of hydrogen-bond acceptors (Lipinski definition) is 8. The lowest BCUT2D eigenvalue weighted by molar-refractivity contribution is -0.00315. The normalized spacial score (nSPS) is 33.3. The van der Waals surface area contributed by atoms with E-state index in [1.165, 1.54) is 25.7 Å². The van der Waals surface area contributed by atoms with Crippen molar-refractivity contribution in [3.63, 3.8) is 0 Å². The summed E-state index contributed by atoms with van der Waals surface area (Å²) >= 11 is 0. The van der Waals surface area contributed by atoms with Crippen LogP contribution in [0.15, 0.2) is 36.4 Å². The zero-order chi connectivity index (χ0) is 46.0. The van der Waals surface area contributed by atoms with Crippen LogP contribution in [-0.2, 0) is 18.1 Å². The van der Waals surface area contributed by atoms with Crippen LogP contribution in [0.3, 0.4) is 0 Å². The van der Waals surface area contributed by atoms with Crippen LogP contribution in [0, 0.1) is 71.0 Å². The van der Waals surface area contributed by atoms with Gasteiger partial charge in [-0.15, -0.1) is 0 Å². The van der Waals surface area contributed by atoms with Crippen LogP contribution >= 0.6 is 17.2 Å². The predicted octanol–water partition coefficient (Wildman–Crippen LogP) is 15.6. The largest absolute Gasteiger partial charge is 0.426 e. The van der Waals surface area contributed by atoms with Crippen LogP contribution in [0.2, 0.25) is 0 Å². The van der Waals surface area contributed by atoms with E-state index in [4.69, 9.17) is 27.1 Å². The number of carbonyl (C=O) groups is 2. The van der Waals surface area contributed by atoms with Crippen LogP contribution in [0.4, 0.5) is 0 Å². The smallest absolute Gasteiger partial charge is 0.397 e. The van der Waals surface area contributed by atoms with Gasteiger partial charge >= 0.3 is 17.2 Å². The molecule has 2 aromatic carbocycles. The van der Waals surface area contributed by atoms with E-state index >= 15 is 4.79 Å². The highest BCUT2D eigenvalue weighted by molar-refractivity contribution is 7.42. The number of fused-ring (bicyclic) bond motifs is 2. The first-order chi connectivity index (χ1) is 30.5. The molecule has 7 rings (SSSR count). The molecule has 0 aromatic heterocycles. The van der Waals surface area contributed by atoms with Crippen molar-refractivity contribution in [3.8, 4) is 11.5 Å². The van der Waals surface area contributed by atoms with E-state index in [0.29, 0.717) is 93.6 Å². The van der Waals surface area contributed by atoms with E-state index in [1.807, 2.05) is 12.1 Å². The fraction of sp³-hybridized carbons (Fsp3) is 0.741. The van der Waals surface area contributed by atoms with Gasteiger partial charge in [0, 0.05) is 11.1 Å². The number of carbonyl (C=O) groups excluding carboxylic acids is 2. The van der Waals surface area contributed by atoms with Gasteiger partial charge < -0.3 is 9.05 Å². The maximum absolute atomic E-state index is 15.3. The first-order valence-corrected chi connectivity index (χ1v) is 27.7. The quantitative estimate of drug-likeness (QED) is 0.131.